The maximum atomic E-state index is 2.57. The Bertz CT molecular complexity index is 1480. The number of fused-ring (bicyclic) bond motifs is 3. The van der Waals surface area contributed by atoms with E-state index in [1.807, 2.05) is 0 Å². The molecule has 2 atom stereocenters. The highest BCUT2D eigenvalue weighted by Crippen LogP contribution is 2.66. The van der Waals surface area contributed by atoms with Crippen LogP contribution in [0.1, 0.15) is 103 Å². The van der Waals surface area contributed by atoms with Crippen molar-refractivity contribution >= 4 is 11.1 Å². The van der Waals surface area contributed by atoms with Crippen molar-refractivity contribution in [3.8, 4) is 0 Å². The summed E-state index contributed by atoms with van der Waals surface area (Å²) in [5, 5.41) is 0. The van der Waals surface area contributed by atoms with E-state index in [0.29, 0.717) is 5.92 Å². The molecular formula is C38H44. The first-order valence-electron chi connectivity index (χ1n) is 14.5. The van der Waals surface area contributed by atoms with Gasteiger partial charge in [0.1, 0.15) is 0 Å². The Balaban J connectivity index is 1.60. The molecule has 0 saturated heterocycles. The maximum Gasteiger partial charge on any atom is 0.0282 e. The van der Waals surface area contributed by atoms with Gasteiger partial charge >= 0.3 is 0 Å². The van der Waals surface area contributed by atoms with Crippen molar-refractivity contribution in [3.63, 3.8) is 0 Å². The van der Waals surface area contributed by atoms with Crippen LogP contribution in [0.5, 0.6) is 0 Å². The summed E-state index contributed by atoms with van der Waals surface area (Å²) in [7, 11) is 0. The van der Waals surface area contributed by atoms with Gasteiger partial charge in [-0.25, -0.2) is 0 Å². The summed E-state index contributed by atoms with van der Waals surface area (Å²) >= 11 is 0. The van der Waals surface area contributed by atoms with Crippen molar-refractivity contribution in [2.45, 2.75) is 86.5 Å². The molecule has 2 aromatic rings. The first-order chi connectivity index (χ1) is 17.7. The van der Waals surface area contributed by atoms with Gasteiger partial charge in [-0.3, -0.25) is 0 Å². The van der Waals surface area contributed by atoms with Gasteiger partial charge in [0.05, 0.1) is 0 Å². The van der Waals surface area contributed by atoms with Crippen LogP contribution in [0.15, 0.2) is 95.1 Å². The van der Waals surface area contributed by atoms with E-state index >= 15 is 0 Å². The monoisotopic (exact) mass is 500 g/mol. The molecule has 0 radical (unpaired) electrons. The first kappa shape index (κ1) is 25.4. The number of benzene rings is 2. The molecule has 0 nitrogen and oxygen atoms in total. The van der Waals surface area contributed by atoms with Crippen LogP contribution >= 0.6 is 0 Å². The van der Waals surface area contributed by atoms with Crippen LogP contribution < -0.4 is 0 Å². The summed E-state index contributed by atoms with van der Waals surface area (Å²) in [6.45, 7) is 21.6. The SMILES string of the molecule is CC(C)(C)C1=CC2=C(C3(C)CC(C)(C)C4=C3C=C(c3ccccc3)C4)c3cc(C(C)(C)C)ccc3C2C=C1. The average molecular weight is 501 g/mol. The molecule has 4 aliphatic carbocycles. The average Bonchev–Trinajstić information content (AvgIpc) is 3.48. The maximum absolute atomic E-state index is 2.57. The lowest BCUT2D eigenvalue weighted by atomic mass is 9.68. The zero-order chi connectivity index (χ0) is 27.3. The third-order valence-corrected chi connectivity index (χ3v) is 9.71. The molecule has 0 saturated carbocycles. The largest absolute Gasteiger partial charge is 0.0723 e. The molecule has 2 aromatic carbocycles. The van der Waals surface area contributed by atoms with Gasteiger partial charge in [0, 0.05) is 11.3 Å². The smallest absolute Gasteiger partial charge is 0.0282 e. The van der Waals surface area contributed by atoms with E-state index in [-0.39, 0.29) is 21.7 Å². The molecule has 0 aliphatic heterocycles. The fourth-order valence-electron chi connectivity index (χ4n) is 7.70. The van der Waals surface area contributed by atoms with Gasteiger partial charge in [0.15, 0.2) is 0 Å². The van der Waals surface area contributed by atoms with Gasteiger partial charge in [0.2, 0.25) is 0 Å². The van der Waals surface area contributed by atoms with E-state index < -0.39 is 0 Å². The quantitative estimate of drug-likeness (QED) is 0.385. The first-order valence-corrected chi connectivity index (χ1v) is 14.5. The summed E-state index contributed by atoms with van der Waals surface area (Å²) in [6, 6.07) is 18.4. The second kappa shape index (κ2) is 8.08. The molecule has 0 spiro atoms. The van der Waals surface area contributed by atoms with Gasteiger partial charge in [0.25, 0.3) is 0 Å². The predicted octanol–water partition coefficient (Wildman–Crippen LogP) is 10.6. The molecular weight excluding hydrogens is 456 g/mol. The van der Waals surface area contributed by atoms with Crippen molar-refractivity contribution in [3.05, 3.63) is 117 Å². The van der Waals surface area contributed by atoms with Crippen LogP contribution in [-0.4, -0.2) is 0 Å². The lowest BCUT2D eigenvalue weighted by Gasteiger charge is -2.35. The summed E-state index contributed by atoms with van der Waals surface area (Å²) in [6.07, 6.45) is 12.2. The van der Waals surface area contributed by atoms with Crippen molar-refractivity contribution in [1.29, 1.82) is 0 Å². The number of rotatable bonds is 2. The van der Waals surface area contributed by atoms with E-state index in [0.717, 1.165) is 12.8 Å². The van der Waals surface area contributed by atoms with E-state index in [1.165, 1.54) is 39.0 Å². The Morgan fingerprint density at radius 1 is 0.816 bits per heavy atom. The van der Waals surface area contributed by atoms with Crippen molar-refractivity contribution in [1.82, 2.24) is 0 Å². The molecule has 38 heavy (non-hydrogen) atoms. The Morgan fingerprint density at radius 3 is 2.18 bits per heavy atom. The van der Waals surface area contributed by atoms with Crippen molar-refractivity contribution < 1.29 is 0 Å². The number of hydrogen-bond acceptors (Lipinski definition) is 0. The standard InChI is InChI=1S/C38H44/c1-35(2,3)26-15-17-28-29-18-16-27(36(4,5)6)22-31(29)34(30(28)21-26)38(9)23-37(7,8)32-19-25(20-33(32)38)24-13-11-10-12-14-24/h10-18,20-22,28H,19,23H2,1-9H3. The molecule has 0 amide bonds. The molecule has 2 unspecified atom stereocenters. The summed E-state index contributed by atoms with van der Waals surface area (Å²) in [4.78, 5) is 0. The molecule has 0 N–H and O–H groups in total. The van der Waals surface area contributed by atoms with E-state index in [4.69, 9.17) is 0 Å². The molecule has 4 aliphatic rings. The van der Waals surface area contributed by atoms with Gasteiger partial charge in [-0.05, 0) is 79.2 Å². The fraction of sp³-hybridized carbons (Fsp3) is 0.421. The molecule has 196 valence electrons. The molecule has 0 fully saturated rings. The lowest BCUT2D eigenvalue weighted by molar-refractivity contribution is 0.352. The normalized spacial score (nSPS) is 25.9. The van der Waals surface area contributed by atoms with Crippen molar-refractivity contribution in [2.75, 3.05) is 0 Å². The van der Waals surface area contributed by atoms with Gasteiger partial charge in [-0.1, -0.05) is 141 Å². The highest BCUT2D eigenvalue weighted by molar-refractivity contribution is 5.90. The predicted molar refractivity (Wildman–Crippen MR) is 164 cm³/mol. The summed E-state index contributed by atoms with van der Waals surface area (Å²) in [5.41, 5.74) is 15.4. The van der Waals surface area contributed by atoms with Crippen LogP contribution in [0.25, 0.3) is 11.1 Å². The molecule has 0 heterocycles. The summed E-state index contributed by atoms with van der Waals surface area (Å²) < 4.78 is 0. The minimum atomic E-state index is -0.0185. The Kier molecular flexibility index (Phi) is 5.40. The van der Waals surface area contributed by atoms with Crippen LogP contribution in [0, 0.1) is 16.2 Å². The minimum Gasteiger partial charge on any atom is -0.0723 e. The number of allylic oxidation sites excluding steroid dienone is 10. The zero-order valence-corrected chi connectivity index (χ0v) is 24.9. The highest BCUT2D eigenvalue weighted by Gasteiger charge is 2.52. The van der Waals surface area contributed by atoms with Crippen LogP contribution in [0.3, 0.4) is 0 Å². The fourth-order valence-corrected chi connectivity index (χ4v) is 7.70. The Labute approximate surface area is 231 Å². The second-order valence-electron chi connectivity index (χ2n) is 15.1. The van der Waals surface area contributed by atoms with E-state index in [9.17, 15) is 0 Å². The molecule has 0 aromatic heterocycles. The molecule has 0 bridgehead atoms. The third-order valence-electron chi connectivity index (χ3n) is 9.71. The molecule has 0 heteroatoms. The van der Waals surface area contributed by atoms with Crippen LogP contribution in [-0.2, 0) is 5.41 Å². The van der Waals surface area contributed by atoms with Crippen LogP contribution in [0.4, 0.5) is 0 Å². The number of hydrogen-bond donors (Lipinski definition) is 0. The highest BCUT2D eigenvalue weighted by atomic mass is 14.6. The van der Waals surface area contributed by atoms with Crippen LogP contribution in [0.2, 0.25) is 0 Å². The Morgan fingerprint density at radius 2 is 1.53 bits per heavy atom. The van der Waals surface area contributed by atoms with E-state index in [2.05, 4.69) is 135 Å². The second-order valence-corrected chi connectivity index (χ2v) is 15.1. The Hall–Kier alpha value is -2.86. The molecule has 6 rings (SSSR count). The summed E-state index contributed by atoms with van der Waals surface area (Å²) in [5.74, 6) is 0.351. The minimum absolute atomic E-state index is 0.0185. The van der Waals surface area contributed by atoms with Gasteiger partial charge < -0.3 is 0 Å². The third kappa shape index (κ3) is 3.78. The zero-order valence-electron chi connectivity index (χ0n) is 24.9. The van der Waals surface area contributed by atoms with Crippen molar-refractivity contribution in [2.24, 2.45) is 16.2 Å². The lowest BCUT2D eigenvalue weighted by Crippen LogP contribution is -2.22. The van der Waals surface area contributed by atoms with Gasteiger partial charge in [-0.2, -0.15) is 0 Å². The van der Waals surface area contributed by atoms with Gasteiger partial charge in [-0.15, -0.1) is 0 Å². The van der Waals surface area contributed by atoms with E-state index in [1.54, 1.807) is 16.7 Å². The topological polar surface area (TPSA) is 0 Å².